The Morgan fingerprint density at radius 1 is 1.24 bits per heavy atom. The van der Waals surface area contributed by atoms with Crippen LogP contribution in [-0.4, -0.2) is 29.9 Å². The topological polar surface area (TPSA) is 41.5 Å². The van der Waals surface area contributed by atoms with Gasteiger partial charge in [0.2, 0.25) is 0 Å². The summed E-state index contributed by atoms with van der Waals surface area (Å²) < 4.78 is 5.55. The zero-order valence-electron chi connectivity index (χ0n) is 12.4. The van der Waals surface area contributed by atoms with Gasteiger partial charge in [0.1, 0.15) is 12.7 Å². The lowest BCUT2D eigenvalue weighted by atomic mass is 9.83. The van der Waals surface area contributed by atoms with Crippen LogP contribution in [0.5, 0.6) is 5.75 Å². The van der Waals surface area contributed by atoms with Crippen molar-refractivity contribution in [3.05, 3.63) is 28.2 Å². The summed E-state index contributed by atoms with van der Waals surface area (Å²) in [5, 5.41) is 14.5. The summed E-state index contributed by atoms with van der Waals surface area (Å²) in [7, 11) is 0. The molecule has 0 saturated heterocycles. The number of halogens is 2. The number of benzene rings is 1. The first-order valence-corrected chi connectivity index (χ1v) is 8.26. The van der Waals surface area contributed by atoms with Gasteiger partial charge in [0.15, 0.2) is 5.75 Å². The number of ether oxygens (including phenoxy) is 1. The van der Waals surface area contributed by atoms with E-state index in [4.69, 9.17) is 27.9 Å². The molecule has 1 aromatic carbocycles. The van der Waals surface area contributed by atoms with Gasteiger partial charge in [0.25, 0.3) is 0 Å². The first-order chi connectivity index (χ1) is 10.0. The van der Waals surface area contributed by atoms with E-state index in [9.17, 15) is 5.11 Å². The molecular formula is C16H23Cl2NO2. The second-order valence-corrected chi connectivity index (χ2v) is 6.83. The van der Waals surface area contributed by atoms with Crippen molar-refractivity contribution in [1.82, 2.24) is 5.32 Å². The maximum Gasteiger partial charge on any atom is 0.156 e. The fourth-order valence-corrected chi connectivity index (χ4v) is 3.24. The Morgan fingerprint density at radius 2 is 1.86 bits per heavy atom. The molecule has 1 unspecified atom stereocenters. The van der Waals surface area contributed by atoms with Crippen LogP contribution in [0.4, 0.5) is 0 Å². The summed E-state index contributed by atoms with van der Waals surface area (Å²) >= 11 is 12.1. The normalized spacial score (nSPS) is 19.2. The average molecular weight is 332 g/mol. The SMILES string of the molecule is CC1(NCC(O)COc2c(Cl)cccc2Cl)CCCCC1. The van der Waals surface area contributed by atoms with Gasteiger partial charge in [-0.3, -0.25) is 0 Å². The largest absolute Gasteiger partial charge is 0.488 e. The number of rotatable bonds is 6. The highest BCUT2D eigenvalue weighted by atomic mass is 35.5. The monoisotopic (exact) mass is 331 g/mol. The second kappa shape index (κ2) is 7.68. The Bertz CT molecular complexity index is 441. The number of para-hydroxylation sites is 1. The molecule has 0 spiro atoms. The average Bonchev–Trinajstić information content (AvgIpc) is 2.45. The highest BCUT2D eigenvalue weighted by Crippen LogP contribution is 2.32. The smallest absolute Gasteiger partial charge is 0.156 e. The van der Waals surface area contributed by atoms with Crippen molar-refractivity contribution < 1.29 is 9.84 Å². The molecule has 0 aromatic heterocycles. The predicted molar refractivity (Wildman–Crippen MR) is 87.5 cm³/mol. The van der Waals surface area contributed by atoms with Crippen LogP contribution in [0.15, 0.2) is 18.2 Å². The fourth-order valence-electron chi connectivity index (χ4n) is 2.73. The fraction of sp³-hybridized carbons (Fsp3) is 0.625. The lowest BCUT2D eigenvalue weighted by molar-refractivity contribution is 0.0931. The molecule has 21 heavy (non-hydrogen) atoms. The van der Waals surface area contributed by atoms with Crippen LogP contribution in [0.1, 0.15) is 39.0 Å². The van der Waals surface area contributed by atoms with Crippen molar-refractivity contribution in [2.75, 3.05) is 13.2 Å². The van der Waals surface area contributed by atoms with Gasteiger partial charge in [-0.25, -0.2) is 0 Å². The molecule has 1 aliphatic carbocycles. The first kappa shape index (κ1) is 16.9. The molecule has 1 aliphatic rings. The van der Waals surface area contributed by atoms with Crippen LogP contribution in [0, 0.1) is 0 Å². The number of aliphatic hydroxyl groups is 1. The summed E-state index contributed by atoms with van der Waals surface area (Å²) in [5.74, 6) is 0.434. The van der Waals surface area contributed by atoms with Gasteiger partial charge >= 0.3 is 0 Å². The van der Waals surface area contributed by atoms with E-state index in [-0.39, 0.29) is 12.1 Å². The van der Waals surface area contributed by atoms with Crippen LogP contribution in [-0.2, 0) is 0 Å². The molecule has 0 radical (unpaired) electrons. The molecule has 0 bridgehead atoms. The molecule has 1 atom stereocenters. The molecule has 5 heteroatoms. The van der Waals surface area contributed by atoms with Gasteiger partial charge in [0, 0.05) is 12.1 Å². The molecule has 2 N–H and O–H groups in total. The van der Waals surface area contributed by atoms with Crippen molar-refractivity contribution >= 4 is 23.2 Å². The molecule has 0 heterocycles. The van der Waals surface area contributed by atoms with E-state index in [1.807, 2.05) is 0 Å². The molecule has 1 fully saturated rings. The molecule has 118 valence electrons. The Morgan fingerprint density at radius 3 is 2.48 bits per heavy atom. The number of nitrogens with one attached hydrogen (secondary N) is 1. The van der Waals surface area contributed by atoms with E-state index >= 15 is 0 Å². The summed E-state index contributed by atoms with van der Waals surface area (Å²) in [4.78, 5) is 0. The maximum absolute atomic E-state index is 10.1. The molecule has 2 rings (SSSR count). The second-order valence-electron chi connectivity index (χ2n) is 6.02. The Hall–Kier alpha value is -0.480. The summed E-state index contributed by atoms with van der Waals surface area (Å²) in [6, 6.07) is 5.20. The van der Waals surface area contributed by atoms with Gasteiger partial charge in [-0.2, -0.15) is 0 Å². The van der Waals surface area contributed by atoms with Gasteiger partial charge in [-0.05, 0) is 31.9 Å². The standard InChI is InChI=1S/C16H23Cl2NO2/c1-16(8-3-2-4-9-16)19-10-12(20)11-21-15-13(17)6-5-7-14(15)18/h5-7,12,19-20H,2-4,8-11H2,1H3. The molecular weight excluding hydrogens is 309 g/mol. The van der Waals surface area contributed by atoms with Crippen molar-refractivity contribution in [2.45, 2.75) is 50.7 Å². The van der Waals surface area contributed by atoms with E-state index in [1.165, 1.54) is 19.3 Å². The summed E-state index contributed by atoms with van der Waals surface area (Å²) in [6.07, 6.45) is 5.56. The van der Waals surface area contributed by atoms with Crippen molar-refractivity contribution in [1.29, 1.82) is 0 Å². The van der Waals surface area contributed by atoms with Crippen LogP contribution in [0.2, 0.25) is 10.0 Å². The zero-order valence-corrected chi connectivity index (χ0v) is 13.9. The van der Waals surface area contributed by atoms with Crippen LogP contribution in [0.25, 0.3) is 0 Å². The lowest BCUT2D eigenvalue weighted by Gasteiger charge is -2.35. The molecule has 1 aromatic rings. The maximum atomic E-state index is 10.1. The number of β-amino-alcohol motifs (C(OH)–C–C–N with tert-alkyl or cyclic N) is 1. The van der Waals surface area contributed by atoms with Crippen LogP contribution < -0.4 is 10.1 Å². The molecule has 0 amide bonds. The highest BCUT2D eigenvalue weighted by molar-refractivity contribution is 6.37. The summed E-state index contributed by atoms with van der Waals surface area (Å²) in [6.45, 7) is 2.91. The van der Waals surface area contributed by atoms with Crippen LogP contribution in [0.3, 0.4) is 0 Å². The van der Waals surface area contributed by atoms with E-state index in [2.05, 4.69) is 12.2 Å². The third kappa shape index (κ3) is 5.03. The van der Waals surface area contributed by atoms with Gasteiger partial charge < -0.3 is 15.2 Å². The summed E-state index contributed by atoms with van der Waals surface area (Å²) in [5.41, 5.74) is 0.140. The predicted octanol–water partition coefficient (Wildman–Crippen LogP) is 4.05. The van der Waals surface area contributed by atoms with E-state index < -0.39 is 6.10 Å². The number of hydrogen-bond acceptors (Lipinski definition) is 3. The Labute approximate surface area is 136 Å². The van der Waals surface area contributed by atoms with Crippen LogP contribution >= 0.6 is 23.2 Å². The lowest BCUT2D eigenvalue weighted by Crippen LogP contribution is -2.48. The van der Waals surface area contributed by atoms with Crippen molar-refractivity contribution in [3.8, 4) is 5.75 Å². The van der Waals surface area contributed by atoms with E-state index in [1.54, 1.807) is 18.2 Å². The van der Waals surface area contributed by atoms with Gasteiger partial charge in [0.05, 0.1) is 10.0 Å². The van der Waals surface area contributed by atoms with Crippen molar-refractivity contribution in [2.24, 2.45) is 0 Å². The highest BCUT2D eigenvalue weighted by Gasteiger charge is 2.26. The van der Waals surface area contributed by atoms with Crippen molar-refractivity contribution in [3.63, 3.8) is 0 Å². The third-order valence-corrected chi connectivity index (χ3v) is 4.66. The number of hydrogen-bond donors (Lipinski definition) is 2. The Kier molecular flexibility index (Phi) is 6.18. The Balaban J connectivity index is 1.78. The minimum absolute atomic E-state index is 0.140. The molecule has 1 saturated carbocycles. The quantitative estimate of drug-likeness (QED) is 0.826. The van der Waals surface area contributed by atoms with E-state index in [0.29, 0.717) is 22.3 Å². The number of aliphatic hydroxyl groups excluding tert-OH is 1. The minimum Gasteiger partial charge on any atom is -0.488 e. The zero-order chi connectivity index (χ0) is 15.3. The molecule has 0 aliphatic heterocycles. The first-order valence-electron chi connectivity index (χ1n) is 7.50. The van der Waals surface area contributed by atoms with E-state index in [0.717, 1.165) is 12.8 Å². The van der Waals surface area contributed by atoms with Gasteiger partial charge in [-0.1, -0.05) is 48.5 Å². The minimum atomic E-state index is -0.587. The third-order valence-electron chi connectivity index (χ3n) is 4.06. The molecule has 3 nitrogen and oxygen atoms in total. The van der Waals surface area contributed by atoms with Gasteiger partial charge in [-0.15, -0.1) is 0 Å².